The van der Waals surface area contributed by atoms with E-state index in [4.69, 9.17) is 0 Å². The number of rotatable bonds is 6. The highest BCUT2D eigenvalue weighted by Crippen LogP contribution is 2.51. The van der Waals surface area contributed by atoms with Gasteiger partial charge in [0.15, 0.2) is 0 Å². The summed E-state index contributed by atoms with van der Waals surface area (Å²) >= 11 is 0. The molecule has 0 aliphatic carbocycles. The third-order valence-electron chi connectivity index (χ3n) is 10.1. The molecule has 0 N–H and O–H groups in total. The first-order valence-corrected chi connectivity index (χ1v) is 16.6. The van der Waals surface area contributed by atoms with Gasteiger partial charge in [0.2, 0.25) is 0 Å². The van der Waals surface area contributed by atoms with E-state index in [1.807, 2.05) is 111 Å². The summed E-state index contributed by atoms with van der Waals surface area (Å²) in [6, 6.07) is 31.5. The molecule has 9 rings (SSSR count). The average Bonchev–Trinajstić information content (AvgIpc) is 3.12. The van der Waals surface area contributed by atoms with Gasteiger partial charge in [0.1, 0.15) is 0 Å². The second kappa shape index (κ2) is 10.3. The second-order valence-electron chi connectivity index (χ2n) is 12.8. The van der Waals surface area contributed by atoms with E-state index in [0.717, 1.165) is 54.6 Å². The molecule has 2 aliphatic rings. The lowest BCUT2D eigenvalue weighted by Crippen LogP contribution is -2.41. The Hall–Kier alpha value is -5.88. The molecule has 6 nitrogen and oxygen atoms in total. The monoisotopic (exact) mass is 626 g/mol. The number of fused-ring (bicyclic) bond motifs is 2. The van der Waals surface area contributed by atoms with E-state index in [0.29, 0.717) is 59.0 Å². The molecule has 0 fully saturated rings. The molecule has 0 atom stereocenters. The Morgan fingerprint density at radius 1 is 0.396 bits per heavy atom. The van der Waals surface area contributed by atoms with Crippen molar-refractivity contribution >= 4 is 66.7 Å². The molecule has 2 heterocycles. The lowest BCUT2D eigenvalue weighted by Gasteiger charge is -2.31. The minimum absolute atomic E-state index is 0.286. The third kappa shape index (κ3) is 3.63. The summed E-state index contributed by atoms with van der Waals surface area (Å²) in [6.45, 7) is 4.60. The van der Waals surface area contributed by atoms with Crippen molar-refractivity contribution in [2.24, 2.45) is 0 Å². The van der Waals surface area contributed by atoms with Gasteiger partial charge in [0.05, 0.1) is 0 Å². The second-order valence-corrected chi connectivity index (χ2v) is 12.8. The van der Waals surface area contributed by atoms with Crippen LogP contribution in [0.1, 0.15) is 68.1 Å². The number of carbonyl (C=O) groups excluding carboxylic acids is 4. The molecule has 7 aromatic carbocycles. The standard InChI is InChI=1S/C42H30N2O4/c1-3-19-43-39(45)27-17-15-25-34-30(24-13-9-6-10-14-24)22-32-36-28(40(46)44(20-4-2)42(32)48)18-16-26(38(34)36)33-29(23-11-7-5-8-12-23)21-31(41(43)47)35(27)37(25)33/h5-18,21-22H,3-4,19-20H2,1-2H3. The van der Waals surface area contributed by atoms with Crippen molar-refractivity contribution in [3.05, 3.63) is 119 Å². The fourth-order valence-corrected chi connectivity index (χ4v) is 8.11. The molecule has 48 heavy (non-hydrogen) atoms. The van der Waals surface area contributed by atoms with Crippen LogP contribution >= 0.6 is 0 Å². The number of nitrogens with zero attached hydrogens (tertiary/aromatic N) is 2. The summed E-state index contributed by atoms with van der Waals surface area (Å²) in [5.74, 6) is -1.15. The van der Waals surface area contributed by atoms with Crippen molar-refractivity contribution in [2.45, 2.75) is 26.7 Å². The van der Waals surface area contributed by atoms with Crippen LogP contribution in [-0.2, 0) is 0 Å². The quantitative estimate of drug-likeness (QED) is 0.105. The van der Waals surface area contributed by atoms with Crippen molar-refractivity contribution in [3.8, 4) is 22.3 Å². The zero-order chi connectivity index (χ0) is 32.8. The van der Waals surface area contributed by atoms with Gasteiger partial charge >= 0.3 is 0 Å². The molecule has 6 heteroatoms. The van der Waals surface area contributed by atoms with Crippen LogP contribution in [0.3, 0.4) is 0 Å². The number of benzene rings is 7. The SMILES string of the molecule is CCCN1C(=O)c2ccc3c4c(-c5ccccc5)cc5c6c(ccc(c7c(-c8ccccc8)cc(c2c37)C1=O)c64)C(=O)N(CCC)C5=O. The molecular weight excluding hydrogens is 596 g/mol. The van der Waals surface area contributed by atoms with E-state index in [9.17, 15) is 19.2 Å². The van der Waals surface area contributed by atoms with Gasteiger partial charge < -0.3 is 0 Å². The van der Waals surface area contributed by atoms with Gasteiger partial charge in [-0.1, -0.05) is 86.6 Å². The van der Waals surface area contributed by atoms with Gasteiger partial charge in [-0.25, -0.2) is 0 Å². The van der Waals surface area contributed by atoms with Crippen LogP contribution in [0.25, 0.3) is 65.3 Å². The maximum absolute atomic E-state index is 14.2. The summed E-state index contributed by atoms with van der Waals surface area (Å²) in [6.07, 6.45) is 1.32. The van der Waals surface area contributed by atoms with Crippen LogP contribution in [0.15, 0.2) is 97.1 Å². The Kier molecular flexibility index (Phi) is 6.09. The normalized spacial score (nSPS) is 14.5. The zero-order valence-corrected chi connectivity index (χ0v) is 26.6. The van der Waals surface area contributed by atoms with E-state index >= 15 is 0 Å². The van der Waals surface area contributed by atoms with Crippen molar-refractivity contribution in [3.63, 3.8) is 0 Å². The van der Waals surface area contributed by atoms with Crippen molar-refractivity contribution in [1.82, 2.24) is 9.80 Å². The Balaban J connectivity index is 1.56. The molecule has 2 aliphatic heterocycles. The van der Waals surface area contributed by atoms with Crippen molar-refractivity contribution in [1.29, 1.82) is 0 Å². The third-order valence-corrected chi connectivity index (χ3v) is 10.1. The van der Waals surface area contributed by atoms with Crippen LogP contribution in [-0.4, -0.2) is 46.5 Å². The van der Waals surface area contributed by atoms with E-state index in [1.54, 1.807) is 0 Å². The maximum atomic E-state index is 14.2. The average molecular weight is 627 g/mol. The van der Waals surface area contributed by atoms with Gasteiger partial charge in [-0.15, -0.1) is 0 Å². The predicted octanol–water partition coefficient (Wildman–Crippen LogP) is 9.08. The topological polar surface area (TPSA) is 74.8 Å². The van der Waals surface area contributed by atoms with Crippen LogP contribution in [0, 0.1) is 0 Å². The Morgan fingerprint density at radius 2 is 0.771 bits per heavy atom. The molecule has 0 saturated heterocycles. The van der Waals surface area contributed by atoms with Gasteiger partial charge in [0.25, 0.3) is 23.6 Å². The Morgan fingerprint density at radius 3 is 1.15 bits per heavy atom. The van der Waals surface area contributed by atoms with Gasteiger partial charge in [-0.3, -0.25) is 29.0 Å². The molecule has 4 amide bonds. The zero-order valence-electron chi connectivity index (χ0n) is 26.6. The first-order chi connectivity index (χ1) is 23.4. The minimum atomic E-state index is -0.290. The van der Waals surface area contributed by atoms with E-state index in [2.05, 4.69) is 0 Å². The van der Waals surface area contributed by atoms with Gasteiger partial charge in [-0.05, 0) is 91.7 Å². The number of amides is 4. The van der Waals surface area contributed by atoms with E-state index in [-0.39, 0.29) is 23.6 Å². The van der Waals surface area contributed by atoms with E-state index < -0.39 is 0 Å². The summed E-state index contributed by atoms with van der Waals surface area (Å²) < 4.78 is 0. The molecule has 0 aromatic heterocycles. The summed E-state index contributed by atoms with van der Waals surface area (Å²) in [7, 11) is 0. The molecule has 0 unspecified atom stereocenters. The highest BCUT2D eigenvalue weighted by molar-refractivity contribution is 6.44. The number of hydrogen-bond donors (Lipinski definition) is 0. The highest BCUT2D eigenvalue weighted by Gasteiger charge is 2.38. The first-order valence-electron chi connectivity index (χ1n) is 16.6. The molecule has 0 saturated carbocycles. The number of carbonyl (C=O) groups is 4. The highest BCUT2D eigenvalue weighted by atomic mass is 16.2. The summed E-state index contributed by atoms with van der Waals surface area (Å²) in [4.78, 5) is 58.9. The molecule has 0 bridgehead atoms. The molecule has 7 aromatic rings. The van der Waals surface area contributed by atoms with Gasteiger partial charge in [0, 0.05) is 46.1 Å². The molecular formula is C42H30N2O4. The lowest BCUT2D eigenvalue weighted by molar-refractivity contribution is 0.0595. The Labute approximate surface area is 276 Å². The minimum Gasteiger partial charge on any atom is -0.274 e. The molecule has 232 valence electrons. The van der Waals surface area contributed by atoms with Gasteiger partial charge in [-0.2, -0.15) is 0 Å². The number of hydrogen-bond acceptors (Lipinski definition) is 4. The van der Waals surface area contributed by atoms with Crippen LogP contribution in [0.2, 0.25) is 0 Å². The van der Waals surface area contributed by atoms with Crippen molar-refractivity contribution < 1.29 is 19.2 Å². The Bertz CT molecular complexity index is 2370. The summed E-state index contributed by atoms with van der Waals surface area (Å²) in [5, 5.41) is 6.54. The fraction of sp³-hybridized carbons (Fsp3) is 0.143. The first kappa shape index (κ1) is 28.4. The van der Waals surface area contributed by atoms with Crippen LogP contribution in [0.4, 0.5) is 0 Å². The fourth-order valence-electron chi connectivity index (χ4n) is 8.11. The lowest BCUT2D eigenvalue weighted by atomic mass is 9.78. The predicted molar refractivity (Wildman–Crippen MR) is 190 cm³/mol. The smallest absolute Gasteiger partial charge is 0.261 e. The van der Waals surface area contributed by atoms with Crippen LogP contribution < -0.4 is 0 Å². The maximum Gasteiger partial charge on any atom is 0.261 e. The van der Waals surface area contributed by atoms with E-state index in [1.165, 1.54) is 9.80 Å². The van der Waals surface area contributed by atoms with Crippen molar-refractivity contribution in [2.75, 3.05) is 13.1 Å². The van der Waals surface area contributed by atoms with Crippen LogP contribution in [0.5, 0.6) is 0 Å². The molecule has 0 radical (unpaired) electrons. The number of imide groups is 2. The molecule has 0 spiro atoms. The summed E-state index contributed by atoms with van der Waals surface area (Å²) in [5.41, 5.74) is 5.63. The largest absolute Gasteiger partial charge is 0.274 e.